The summed E-state index contributed by atoms with van der Waals surface area (Å²) < 4.78 is 0. The second-order valence-corrected chi connectivity index (χ2v) is 4.72. The highest BCUT2D eigenvalue weighted by Crippen LogP contribution is 2.23. The highest BCUT2D eigenvalue weighted by Gasteiger charge is 2.36. The third-order valence-corrected chi connectivity index (χ3v) is 3.42. The second-order valence-electron chi connectivity index (χ2n) is 4.41. The molecule has 7 heteroatoms. The van der Waals surface area contributed by atoms with Crippen molar-refractivity contribution in [2.24, 2.45) is 5.92 Å². The highest BCUT2D eigenvalue weighted by molar-refractivity contribution is 6.18. The standard InChI is InChI=1S/C11H16ClNO5/c12-5-7-4-9(14)13(6-7)8(11(17)18)2-1-3-10(15)16/h7-8H,1-6H2,(H,15,16)(H,17,18). The van der Waals surface area contributed by atoms with E-state index < -0.39 is 18.0 Å². The molecule has 1 aliphatic rings. The number of likely N-dealkylation sites (tertiary alicyclic amines) is 1. The lowest BCUT2D eigenvalue weighted by molar-refractivity contribution is -0.149. The van der Waals surface area contributed by atoms with Crippen molar-refractivity contribution in [2.75, 3.05) is 12.4 Å². The monoisotopic (exact) mass is 277 g/mol. The van der Waals surface area contributed by atoms with Crippen molar-refractivity contribution in [3.05, 3.63) is 0 Å². The molecule has 1 saturated heterocycles. The number of rotatable bonds is 7. The second kappa shape index (κ2) is 6.58. The molecule has 0 saturated carbocycles. The Kier molecular flexibility index (Phi) is 5.40. The van der Waals surface area contributed by atoms with Crippen LogP contribution in [0, 0.1) is 5.92 Å². The predicted octanol–water partition coefficient (Wildman–Crippen LogP) is 0.782. The molecule has 2 atom stereocenters. The molecule has 0 spiro atoms. The molecule has 0 aromatic heterocycles. The number of halogens is 1. The minimum absolute atomic E-state index is 0.0134. The molecule has 1 heterocycles. The van der Waals surface area contributed by atoms with Crippen molar-refractivity contribution in [1.82, 2.24) is 4.90 Å². The third kappa shape index (κ3) is 3.87. The Morgan fingerprint density at radius 1 is 1.44 bits per heavy atom. The van der Waals surface area contributed by atoms with E-state index in [1.807, 2.05) is 0 Å². The number of alkyl halides is 1. The smallest absolute Gasteiger partial charge is 0.326 e. The van der Waals surface area contributed by atoms with Crippen molar-refractivity contribution >= 4 is 29.4 Å². The number of carbonyl (C=O) groups is 3. The van der Waals surface area contributed by atoms with Gasteiger partial charge < -0.3 is 15.1 Å². The maximum Gasteiger partial charge on any atom is 0.326 e. The number of hydrogen-bond donors (Lipinski definition) is 2. The number of carboxylic acid groups (broad SMARTS) is 2. The molecule has 1 amide bonds. The molecule has 1 rings (SSSR count). The van der Waals surface area contributed by atoms with E-state index in [0.717, 1.165) is 0 Å². The zero-order chi connectivity index (χ0) is 13.7. The van der Waals surface area contributed by atoms with Gasteiger partial charge in [0.2, 0.25) is 5.91 Å². The maximum absolute atomic E-state index is 11.7. The zero-order valence-corrected chi connectivity index (χ0v) is 10.6. The Balaban J connectivity index is 2.59. The summed E-state index contributed by atoms with van der Waals surface area (Å²) in [6.45, 7) is 0.340. The van der Waals surface area contributed by atoms with Crippen molar-refractivity contribution in [3.63, 3.8) is 0 Å². The van der Waals surface area contributed by atoms with Gasteiger partial charge in [0.1, 0.15) is 6.04 Å². The van der Waals surface area contributed by atoms with Crippen LogP contribution in [0.5, 0.6) is 0 Å². The molecule has 2 N–H and O–H groups in total. The molecule has 2 unspecified atom stereocenters. The molecule has 1 fully saturated rings. The van der Waals surface area contributed by atoms with Crippen LogP contribution >= 0.6 is 11.6 Å². The number of amides is 1. The Bertz CT molecular complexity index is 346. The molecule has 0 aromatic rings. The minimum atomic E-state index is -1.09. The van der Waals surface area contributed by atoms with Crippen molar-refractivity contribution < 1.29 is 24.6 Å². The number of nitrogens with zero attached hydrogens (tertiary/aromatic N) is 1. The Morgan fingerprint density at radius 2 is 2.11 bits per heavy atom. The first-order valence-electron chi connectivity index (χ1n) is 5.75. The van der Waals surface area contributed by atoms with Crippen molar-refractivity contribution in [2.45, 2.75) is 31.7 Å². The van der Waals surface area contributed by atoms with Crippen molar-refractivity contribution in [1.29, 1.82) is 0 Å². The van der Waals surface area contributed by atoms with Crippen LogP contribution in [-0.2, 0) is 14.4 Å². The van der Waals surface area contributed by atoms with E-state index in [2.05, 4.69) is 0 Å². The predicted molar refractivity (Wildman–Crippen MR) is 63.5 cm³/mol. The fourth-order valence-corrected chi connectivity index (χ4v) is 2.28. The molecular formula is C11H16ClNO5. The van der Waals surface area contributed by atoms with Crippen LogP contribution in [0.25, 0.3) is 0 Å². The zero-order valence-electron chi connectivity index (χ0n) is 9.84. The topological polar surface area (TPSA) is 94.9 Å². The summed E-state index contributed by atoms with van der Waals surface area (Å²) in [5.74, 6) is -1.97. The van der Waals surface area contributed by atoms with Gasteiger partial charge in [-0.05, 0) is 18.8 Å². The van der Waals surface area contributed by atoms with E-state index in [4.69, 9.17) is 21.8 Å². The van der Waals surface area contributed by atoms with Gasteiger partial charge in [-0.2, -0.15) is 0 Å². The van der Waals surface area contributed by atoms with Gasteiger partial charge in [-0.15, -0.1) is 11.6 Å². The van der Waals surface area contributed by atoms with E-state index in [1.54, 1.807) is 0 Å². The highest BCUT2D eigenvalue weighted by atomic mass is 35.5. The minimum Gasteiger partial charge on any atom is -0.481 e. The van der Waals surface area contributed by atoms with Gasteiger partial charge in [0.15, 0.2) is 0 Å². The molecule has 18 heavy (non-hydrogen) atoms. The summed E-state index contributed by atoms with van der Waals surface area (Å²) >= 11 is 5.66. The van der Waals surface area contributed by atoms with Crippen LogP contribution in [-0.4, -0.2) is 51.4 Å². The molecule has 1 aliphatic heterocycles. The lowest BCUT2D eigenvalue weighted by atomic mass is 10.1. The lowest BCUT2D eigenvalue weighted by Crippen LogP contribution is -2.42. The van der Waals surface area contributed by atoms with E-state index in [-0.39, 0.29) is 37.5 Å². The summed E-state index contributed by atoms with van der Waals surface area (Å²) in [5, 5.41) is 17.6. The number of hydrogen-bond acceptors (Lipinski definition) is 3. The Morgan fingerprint density at radius 3 is 2.56 bits per heavy atom. The average molecular weight is 278 g/mol. The van der Waals surface area contributed by atoms with Crippen LogP contribution in [0.15, 0.2) is 0 Å². The SMILES string of the molecule is O=C(O)CCCC(C(=O)O)N1CC(CCl)CC1=O. The van der Waals surface area contributed by atoms with Crippen LogP contribution in [0.2, 0.25) is 0 Å². The summed E-state index contributed by atoms with van der Waals surface area (Å²) in [4.78, 5) is 34.5. The number of carbonyl (C=O) groups excluding carboxylic acids is 1. The molecule has 0 radical (unpaired) electrons. The summed E-state index contributed by atoms with van der Waals surface area (Å²) in [6, 6.07) is -0.940. The van der Waals surface area contributed by atoms with Gasteiger partial charge in [0, 0.05) is 25.3 Å². The van der Waals surface area contributed by atoms with Crippen LogP contribution in [0.4, 0.5) is 0 Å². The van der Waals surface area contributed by atoms with Gasteiger partial charge in [-0.3, -0.25) is 9.59 Å². The molecule has 6 nitrogen and oxygen atoms in total. The summed E-state index contributed by atoms with van der Waals surface area (Å²) in [6.07, 6.45) is 0.570. The van der Waals surface area contributed by atoms with E-state index in [9.17, 15) is 14.4 Å². The van der Waals surface area contributed by atoms with Crippen LogP contribution < -0.4 is 0 Å². The van der Waals surface area contributed by atoms with E-state index in [1.165, 1.54) is 4.90 Å². The third-order valence-electron chi connectivity index (χ3n) is 2.99. The largest absolute Gasteiger partial charge is 0.481 e. The molecular weight excluding hydrogens is 262 g/mol. The van der Waals surface area contributed by atoms with Crippen molar-refractivity contribution in [3.8, 4) is 0 Å². The number of carboxylic acids is 2. The van der Waals surface area contributed by atoms with E-state index in [0.29, 0.717) is 12.4 Å². The molecule has 0 aliphatic carbocycles. The van der Waals surface area contributed by atoms with E-state index >= 15 is 0 Å². The first kappa shape index (κ1) is 14.8. The van der Waals surface area contributed by atoms with Gasteiger partial charge in [-0.1, -0.05) is 0 Å². The first-order valence-corrected chi connectivity index (χ1v) is 6.29. The molecule has 102 valence electrons. The summed E-state index contributed by atoms with van der Waals surface area (Å²) in [5.41, 5.74) is 0. The van der Waals surface area contributed by atoms with Gasteiger partial charge in [-0.25, -0.2) is 4.79 Å². The Labute approximate surface area is 110 Å². The van der Waals surface area contributed by atoms with Crippen LogP contribution in [0.3, 0.4) is 0 Å². The van der Waals surface area contributed by atoms with Gasteiger partial charge in [0.25, 0.3) is 0 Å². The van der Waals surface area contributed by atoms with Gasteiger partial charge >= 0.3 is 11.9 Å². The first-order chi connectivity index (χ1) is 8.45. The Hall–Kier alpha value is -1.30. The fourth-order valence-electron chi connectivity index (χ4n) is 2.07. The van der Waals surface area contributed by atoms with Crippen LogP contribution in [0.1, 0.15) is 25.7 Å². The maximum atomic E-state index is 11.7. The van der Waals surface area contributed by atoms with Gasteiger partial charge in [0.05, 0.1) is 0 Å². The molecule has 0 bridgehead atoms. The average Bonchev–Trinajstić information content (AvgIpc) is 2.65. The fraction of sp³-hybridized carbons (Fsp3) is 0.727. The molecule has 0 aromatic carbocycles. The quantitative estimate of drug-likeness (QED) is 0.671. The summed E-state index contributed by atoms with van der Waals surface area (Å²) in [7, 11) is 0. The lowest BCUT2D eigenvalue weighted by Gasteiger charge is -2.24. The number of aliphatic carboxylic acids is 2. The normalized spacial score (nSPS) is 21.1.